The van der Waals surface area contributed by atoms with E-state index in [9.17, 15) is 57.1 Å². The molecule has 2 aliphatic heterocycles. The third-order valence-corrected chi connectivity index (χ3v) is 7.54. The Bertz CT molecular complexity index is 1570. The normalized spacial score (nSPS) is 32.5. The molecule has 26 nitrogen and oxygen atoms in total. The van der Waals surface area contributed by atoms with Crippen molar-refractivity contribution in [1.82, 2.24) is 0 Å². The minimum absolute atomic E-state index is 1.28. The van der Waals surface area contributed by atoms with Gasteiger partial charge in [0.15, 0.2) is 18.5 Å². The SMILES string of the molecule is O=C(O)C1OC(OC2C(COS(=O)(=O)O)OC(COS(=O)(=O)O)C2COS(=O)(=O)O)C(OS(=O)(=O)O)C(O)C1OS(=O)(=O)O. The van der Waals surface area contributed by atoms with Crippen molar-refractivity contribution < 1.29 is 115 Å². The van der Waals surface area contributed by atoms with Crippen molar-refractivity contribution >= 4 is 58.0 Å². The van der Waals surface area contributed by atoms with Gasteiger partial charge in [0.05, 0.1) is 32.0 Å². The van der Waals surface area contributed by atoms with Crippen molar-refractivity contribution in [2.24, 2.45) is 5.92 Å². The molecular weight excluding hydrogens is 732 g/mol. The number of aliphatic carboxylic acids is 1. The minimum atomic E-state index is -5.70. The fourth-order valence-corrected chi connectivity index (χ4v) is 5.75. The van der Waals surface area contributed by atoms with Gasteiger partial charge in [-0.2, -0.15) is 42.1 Å². The Kier molecular flexibility index (Phi) is 12.5. The average Bonchev–Trinajstić information content (AvgIpc) is 3.12. The number of carboxylic acid groups (broad SMARTS) is 1. The second-order valence-electron chi connectivity index (χ2n) is 8.35. The first-order valence-corrected chi connectivity index (χ1v) is 17.5. The van der Waals surface area contributed by atoms with E-state index in [4.69, 9.17) is 37.0 Å². The van der Waals surface area contributed by atoms with Gasteiger partial charge in [-0.1, -0.05) is 0 Å². The monoisotopic (exact) mass is 754 g/mol. The lowest BCUT2D eigenvalue weighted by atomic mass is 9.96. The maximum absolute atomic E-state index is 11.7. The topological polar surface area (TPSA) is 403 Å². The lowest BCUT2D eigenvalue weighted by molar-refractivity contribution is -0.301. The maximum Gasteiger partial charge on any atom is 0.397 e. The Hall–Kier alpha value is -1.34. The van der Waals surface area contributed by atoms with E-state index in [0.717, 1.165) is 0 Å². The standard InChI is InChI=1S/C13H22O26S5/c14-7-9(38-43(26,27)28)11(12(15)16)37-13(10(7)39-44(29,30)31)36-8-4(1-32-40(17,18)19)5(2-33-41(20,21)22)35-6(8)3-34-42(23,24)25/h4-11,13-14H,1-3H2,(H,15,16)(H,17,18,19)(H,20,21,22)(H,23,24,25)(H,26,27,28)(H,29,30,31). The van der Waals surface area contributed by atoms with Crippen LogP contribution in [0.15, 0.2) is 0 Å². The number of hydrogen-bond donors (Lipinski definition) is 7. The number of carbonyl (C=O) groups is 1. The van der Waals surface area contributed by atoms with Crippen LogP contribution in [0.2, 0.25) is 0 Å². The molecule has 2 heterocycles. The van der Waals surface area contributed by atoms with Crippen LogP contribution in [0.25, 0.3) is 0 Å². The van der Waals surface area contributed by atoms with Gasteiger partial charge in [-0.3, -0.25) is 22.8 Å². The van der Waals surface area contributed by atoms with Gasteiger partial charge in [0.25, 0.3) is 0 Å². The largest absolute Gasteiger partial charge is 0.479 e. The van der Waals surface area contributed by atoms with E-state index in [2.05, 4.69) is 20.9 Å². The van der Waals surface area contributed by atoms with Gasteiger partial charge in [-0.15, -0.1) is 0 Å². The van der Waals surface area contributed by atoms with E-state index in [0.29, 0.717) is 0 Å². The average molecular weight is 755 g/mol. The van der Waals surface area contributed by atoms with Crippen molar-refractivity contribution in [3.05, 3.63) is 0 Å². The van der Waals surface area contributed by atoms with Gasteiger partial charge < -0.3 is 24.4 Å². The van der Waals surface area contributed by atoms with Crippen LogP contribution in [-0.2, 0) is 91.9 Å². The zero-order chi connectivity index (χ0) is 34.1. The molecule has 0 aromatic heterocycles. The summed E-state index contributed by atoms with van der Waals surface area (Å²) < 4.78 is 193. The first-order valence-electron chi connectivity index (χ1n) is 10.7. The Morgan fingerprint density at radius 1 is 0.591 bits per heavy atom. The second kappa shape index (κ2) is 14.2. The highest BCUT2D eigenvalue weighted by Crippen LogP contribution is 2.36. The summed E-state index contributed by atoms with van der Waals surface area (Å²) in [4.78, 5) is 11.7. The molecule has 7 N–H and O–H groups in total. The summed E-state index contributed by atoms with van der Waals surface area (Å²) in [5.41, 5.74) is 0. The highest BCUT2D eigenvalue weighted by molar-refractivity contribution is 7.81. The molecule has 2 fully saturated rings. The molecule has 0 saturated carbocycles. The summed E-state index contributed by atoms with van der Waals surface area (Å²) in [7, 11) is -27.3. The van der Waals surface area contributed by atoms with Crippen LogP contribution in [0.5, 0.6) is 0 Å². The molecule has 2 aliphatic rings. The van der Waals surface area contributed by atoms with Crippen LogP contribution in [-0.4, -0.2) is 150 Å². The van der Waals surface area contributed by atoms with Crippen molar-refractivity contribution in [3.63, 3.8) is 0 Å². The van der Waals surface area contributed by atoms with Gasteiger partial charge in [0, 0.05) is 5.92 Å². The summed E-state index contributed by atoms with van der Waals surface area (Å²) in [5, 5.41) is 20.0. The Balaban J connectivity index is 2.61. The van der Waals surface area contributed by atoms with E-state index in [1.165, 1.54) is 0 Å². The summed E-state index contributed by atoms with van der Waals surface area (Å²) in [6.07, 6.45) is -19.8. The number of rotatable bonds is 16. The van der Waals surface area contributed by atoms with Crippen LogP contribution in [0.4, 0.5) is 0 Å². The highest BCUT2D eigenvalue weighted by atomic mass is 32.3. The van der Waals surface area contributed by atoms with Crippen molar-refractivity contribution in [1.29, 1.82) is 0 Å². The third kappa shape index (κ3) is 12.8. The maximum atomic E-state index is 11.7. The van der Waals surface area contributed by atoms with Crippen LogP contribution < -0.4 is 0 Å². The lowest BCUT2D eigenvalue weighted by Crippen LogP contribution is -2.63. The van der Waals surface area contributed by atoms with E-state index >= 15 is 0 Å². The van der Waals surface area contributed by atoms with Crippen molar-refractivity contribution in [2.45, 2.75) is 49.0 Å². The molecule has 2 saturated heterocycles. The van der Waals surface area contributed by atoms with Gasteiger partial charge >= 0.3 is 58.0 Å². The molecule has 260 valence electrons. The smallest absolute Gasteiger partial charge is 0.397 e. The van der Waals surface area contributed by atoms with Crippen molar-refractivity contribution in [2.75, 3.05) is 19.8 Å². The van der Waals surface area contributed by atoms with Crippen LogP contribution in [0.1, 0.15) is 0 Å². The zero-order valence-electron chi connectivity index (χ0n) is 20.7. The fourth-order valence-electron chi connectivity index (χ4n) is 3.83. The predicted octanol–water partition coefficient (Wildman–Crippen LogP) is -5.24. The quantitative estimate of drug-likeness (QED) is 0.0724. The summed E-state index contributed by atoms with van der Waals surface area (Å²) in [6, 6.07) is 0. The molecule has 0 aromatic carbocycles. The summed E-state index contributed by atoms with van der Waals surface area (Å²) in [6.45, 7) is -3.95. The summed E-state index contributed by atoms with van der Waals surface area (Å²) >= 11 is 0. The van der Waals surface area contributed by atoms with Crippen LogP contribution >= 0.6 is 0 Å². The van der Waals surface area contributed by atoms with Gasteiger partial charge in [-0.05, 0) is 0 Å². The molecule has 31 heteroatoms. The molecule has 0 aliphatic carbocycles. The first kappa shape index (κ1) is 38.8. The van der Waals surface area contributed by atoms with E-state index in [1.54, 1.807) is 0 Å². The van der Waals surface area contributed by atoms with Gasteiger partial charge in [0.1, 0.15) is 18.3 Å². The van der Waals surface area contributed by atoms with E-state index in [-0.39, 0.29) is 0 Å². The minimum Gasteiger partial charge on any atom is -0.479 e. The number of ether oxygens (including phenoxy) is 3. The van der Waals surface area contributed by atoms with Gasteiger partial charge in [0.2, 0.25) is 0 Å². The van der Waals surface area contributed by atoms with Crippen LogP contribution in [0.3, 0.4) is 0 Å². The Morgan fingerprint density at radius 3 is 1.45 bits per heavy atom. The lowest BCUT2D eigenvalue weighted by Gasteiger charge is -2.42. The molecule has 2 rings (SSSR count). The molecule has 0 spiro atoms. The molecule has 9 atom stereocenters. The Labute approximate surface area is 247 Å². The Morgan fingerprint density at radius 2 is 1.02 bits per heavy atom. The first-order chi connectivity index (χ1) is 19.7. The van der Waals surface area contributed by atoms with E-state index < -0.39 is 133 Å². The van der Waals surface area contributed by atoms with Crippen LogP contribution in [0, 0.1) is 5.92 Å². The number of carboxylic acids is 1. The fraction of sp³-hybridized carbons (Fsp3) is 0.923. The van der Waals surface area contributed by atoms with Gasteiger partial charge in [-0.25, -0.2) is 25.7 Å². The number of hydrogen-bond acceptors (Lipinski definition) is 20. The predicted molar refractivity (Wildman–Crippen MR) is 125 cm³/mol. The molecule has 9 unspecified atom stereocenters. The van der Waals surface area contributed by atoms with Crippen molar-refractivity contribution in [3.8, 4) is 0 Å². The molecule has 44 heavy (non-hydrogen) atoms. The number of aliphatic hydroxyl groups excluding tert-OH is 1. The number of aliphatic hydroxyl groups is 1. The molecule has 0 amide bonds. The highest BCUT2D eigenvalue weighted by Gasteiger charge is 2.56. The third-order valence-electron chi connectivity index (χ3n) is 5.31. The summed E-state index contributed by atoms with van der Waals surface area (Å²) in [5.74, 6) is -4.06. The zero-order valence-corrected chi connectivity index (χ0v) is 24.8. The molecule has 0 radical (unpaired) electrons. The molecule has 0 bridgehead atoms. The molecule has 0 aromatic rings. The van der Waals surface area contributed by atoms with E-state index in [1.807, 2.05) is 0 Å². The molecular formula is C13H22O26S5. The second-order valence-corrected chi connectivity index (χ2v) is 13.7.